The summed E-state index contributed by atoms with van der Waals surface area (Å²) in [5, 5.41) is 0. The topological polar surface area (TPSA) is 26.3 Å². The molecular weight excluding hydrogens is 296 g/mol. The van der Waals surface area contributed by atoms with Crippen molar-refractivity contribution in [2.75, 3.05) is 6.61 Å². The highest BCUT2D eigenvalue weighted by Gasteiger charge is 2.59. The van der Waals surface area contributed by atoms with Crippen molar-refractivity contribution in [1.29, 1.82) is 0 Å². The quantitative estimate of drug-likeness (QED) is 0.635. The summed E-state index contributed by atoms with van der Waals surface area (Å²) >= 11 is 0. The summed E-state index contributed by atoms with van der Waals surface area (Å²) in [6.07, 6.45) is 13.5. The maximum Gasteiger partial charge on any atom is 0.302 e. The smallest absolute Gasteiger partial charge is 0.302 e. The summed E-state index contributed by atoms with van der Waals surface area (Å²) in [5.41, 5.74) is 1.95. The molecule has 0 spiro atoms. The van der Waals surface area contributed by atoms with Crippen LogP contribution < -0.4 is 0 Å². The second kappa shape index (κ2) is 6.35. The van der Waals surface area contributed by atoms with Crippen LogP contribution in [0.4, 0.5) is 0 Å². The highest BCUT2D eigenvalue weighted by Crippen LogP contribution is 2.65. The molecule has 0 radical (unpaired) electrons. The van der Waals surface area contributed by atoms with Gasteiger partial charge in [-0.1, -0.05) is 44.6 Å². The van der Waals surface area contributed by atoms with Crippen molar-refractivity contribution >= 4 is 5.97 Å². The molecule has 24 heavy (non-hydrogen) atoms. The van der Waals surface area contributed by atoms with Crippen LogP contribution in [-0.2, 0) is 9.53 Å². The fraction of sp³-hybridized carbons (Fsp3) is 0.773. The first-order chi connectivity index (χ1) is 11.3. The molecule has 0 bridgehead atoms. The van der Waals surface area contributed by atoms with Gasteiger partial charge in [-0.2, -0.15) is 0 Å². The lowest BCUT2D eigenvalue weighted by Crippen LogP contribution is -2.50. The van der Waals surface area contributed by atoms with Gasteiger partial charge in [0, 0.05) is 12.3 Å². The maximum absolute atomic E-state index is 11.5. The van der Waals surface area contributed by atoms with Crippen LogP contribution in [0, 0.1) is 34.5 Å². The zero-order valence-electron chi connectivity index (χ0n) is 16.1. The van der Waals surface area contributed by atoms with E-state index in [4.69, 9.17) is 4.74 Å². The minimum Gasteiger partial charge on any atom is -0.465 e. The van der Waals surface area contributed by atoms with Gasteiger partial charge in [0.1, 0.15) is 0 Å². The van der Waals surface area contributed by atoms with Crippen molar-refractivity contribution < 1.29 is 9.53 Å². The van der Waals surface area contributed by atoms with E-state index < -0.39 is 0 Å². The van der Waals surface area contributed by atoms with Crippen LogP contribution in [0.15, 0.2) is 23.8 Å². The van der Waals surface area contributed by atoms with Gasteiger partial charge in [-0.15, -0.1) is 0 Å². The molecule has 3 aliphatic rings. The molecule has 2 heteroatoms. The van der Waals surface area contributed by atoms with E-state index in [2.05, 4.69) is 45.9 Å². The number of fused-ring (bicyclic) bond motifs is 3. The number of hydrogen-bond acceptors (Lipinski definition) is 2. The van der Waals surface area contributed by atoms with Crippen LogP contribution >= 0.6 is 0 Å². The van der Waals surface area contributed by atoms with Crippen LogP contribution in [0.3, 0.4) is 0 Å². The molecule has 5 atom stereocenters. The zero-order valence-corrected chi connectivity index (χ0v) is 16.1. The Balaban J connectivity index is 1.96. The standard InChI is InChI=1S/C22H34O2/c1-15(2)18-8-9-20-19-7-6-16(3)10-11-21(19,5)12-13-22(18,20)14-24-17(4)23/h6-7,10,15,18-20H,8-9,11-14H2,1-5H3/t18-,19+,20+,21-,22+/m1/s1. The summed E-state index contributed by atoms with van der Waals surface area (Å²) in [6.45, 7) is 11.6. The number of carbonyl (C=O) groups excluding carboxylic acids is 1. The van der Waals surface area contributed by atoms with Crippen LogP contribution in [-0.4, -0.2) is 12.6 Å². The molecule has 0 aliphatic heterocycles. The Morgan fingerprint density at radius 3 is 2.75 bits per heavy atom. The van der Waals surface area contributed by atoms with Crippen molar-refractivity contribution in [3.05, 3.63) is 23.8 Å². The number of ether oxygens (including phenoxy) is 1. The molecule has 0 aromatic carbocycles. The minimum atomic E-state index is -0.125. The first-order valence-corrected chi connectivity index (χ1v) is 9.77. The second-order valence-corrected chi connectivity index (χ2v) is 9.24. The molecule has 0 aromatic rings. The predicted molar refractivity (Wildman–Crippen MR) is 98.5 cm³/mol. The van der Waals surface area contributed by atoms with Gasteiger partial charge in [0.05, 0.1) is 6.61 Å². The van der Waals surface area contributed by atoms with Crippen molar-refractivity contribution in [1.82, 2.24) is 0 Å². The van der Waals surface area contributed by atoms with E-state index in [0.717, 1.165) is 0 Å². The minimum absolute atomic E-state index is 0.125. The van der Waals surface area contributed by atoms with Crippen LogP contribution in [0.1, 0.15) is 66.7 Å². The third-order valence-corrected chi connectivity index (χ3v) is 7.47. The highest BCUT2D eigenvalue weighted by atomic mass is 16.5. The van der Waals surface area contributed by atoms with Gasteiger partial charge >= 0.3 is 5.97 Å². The van der Waals surface area contributed by atoms with E-state index >= 15 is 0 Å². The fourth-order valence-corrected chi connectivity index (χ4v) is 6.13. The van der Waals surface area contributed by atoms with Gasteiger partial charge in [-0.3, -0.25) is 4.79 Å². The van der Waals surface area contributed by atoms with Gasteiger partial charge in [0.15, 0.2) is 0 Å². The molecule has 2 fully saturated rings. The van der Waals surface area contributed by atoms with E-state index in [-0.39, 0.29) is 11.4 Å². The Bertz CT molecular complexity index is 558. The molecule has 134 valence electrons. The first-order valence-electron chi connectivity index (χ1n) is 9.77. The number of rotatable bonds is 3. The van der Waals surface area contributed by atoms with Crippen molar-refractivity contribution in [2.45, 2.75) is 66.7 Å². The number of esters is 1. The van der Waals surface area contributed by atoms with Gasteiger partial charge in [0.2, 0.25) is 0 Å². The number of carbonyl (C=O) groups is 1. The van der Waals surface area contributed by atoms with Gasteiger partial charge in [0.25, 0.3) is 0 Å². The number of hydrogen-bond donors (Lipinski definition) is 0. The van der Waals surface area contributed by atoms with Crippen molar-refractivity contribution in [3.63, 3.8) is 0 Å². The summed E-state index contributed by atoms with van der Waals surface area (Å²) in [6, 6.07) is 0. The normalized spacial score (nSPS) is 41.4. The van der Waals surface area contributed by atoms with E-state index in [1.165, 1.54) is 37.7 Å². The van der Waals surface area contributed by atoms with E-state index in [1.54, 1.807) is 6.92 Å². The molecule has 0 aromatic heterocycles. The van der Waals surface area contributed by atoms with E-state index in [9.17, 15) is 4.79 Å². The second-order valence-electron chi connectivity index (χ2n) is 9.24. The fourth-order valence-electron chi connectivity index (χ4n) is 6.13. The van der Waals surface area contributed by atoms with Crippen LogP contribution in [0.25, 0.3) is 0 Å². The van der Waals surface area contributed by atoms with Gasteiger partial charge in [-0.25, -0.2) is 0 Å². The molecule has 0 N–H and O–H groups in total. The molecule has 0 heterocycles. The lowest BCUT2D eigenvalue weighted by atomic mass is 9.51. The molecule has 2 saturated carbocycles. The molecular formula is C22H34O2. The zero-order chi connectivity index (χ0) is 17.5. The lowest BCUT2D eigenvalue weighted by Gasteiger charge is -2.54. The van der Waals surface area contributed by atoms with E-state index in [0.29, 0.717) is 35.7 Å². The molecule has 0 unspecified atom stereocenters. The predicted octanol–water partition coefficient (Wildman–Crippen LogP) is 5.54. The summed E-state index contributed by atoms with van der Waals surface area (Å²) in [5.74, 6) is 2.47. The SMILES string of the molecule is CC(=O)OC[C@]12CC[C@@]3(C)CC=C(C)C=C[C@H]3[C@@H]1CC[C@@H]2C(C)C. The van der Waals surface area contributed by atoms with Crippen molar-refractivity contribution in [2.24, 2.45) is 34.5 Å². The third kappa shape index (κ3) is 2.86. The van der Waals surface area contributed by atoms with Gasteiger partial charge in [-0.05, 0) is 68.1 Å². The van der Waals surface area contributed by atoms with Gasteiger partial charge < -0.3 is 4.74 Å². The highest BCUT2D eigenvalue weighted by molar-refractivity contribution is 5.65. The molecule has 3 aliphatic carbocycles. The summed E-state index contributed by atoms with van der Waals surface area (Å²) < 4.78 is 5.66. The Labute approximate surface area is 147 Å². The summed E-state index contributed by atoms with van der Waals surface area (Å²) in [7, 11) is 0. The van der Waals surface area contributed by atoms with Crippen molar-refractivity contribution in [3.8, 4) is 0 Å². The Morgan fingerprint density at radius 1 is 1.33 bits per heavy atom. The van der Waals surface area contributed by atoms with Crippen LogP contribution in [0.2, 0.25) is 0 Å². The maximum atomic E-state index is 11.5. The third-order valence-electron chi connectivity index (χ3n) is 7.47. The summed E-state index contributed by atoms with van der Waals surface area (Å²) in [4.78, 5) is 11.5. The number of allylic oxidation sites excluding steroid dienone is 4. The largest absolute Gasteiger partial charge is 0.465 e. The first kappa shape index (κ1) is 17.8. The molecule has 3 rings (SSSR count). The molecule has 0 saturated heterocycles. The average Bonchev–Trinajstić information content (AvgIpc) is 2.82. The Morgan fingerprint density at radius 2 is 2.08 bits per heavy atom. The van der Waals surface area contributed by atoms with Crippen LogP contribution in [0.5, 0.6) is 0 Å². The molecule has 2 nitrogen and oxygen atoms in total. The van der Waals surface area contributed by atoms with E-state index in [1.807, 2.05) is 0 Å². The lowest BCUT2D eigenvalue weighted by molar-refractivity contribution is -0.152. The Hall–Kier alpha value is -1.05. The average molecular weight is 331 g/mol. The monoisotopic (exact) mass is 330 g/mol. The molecule has 0 amide bonds. The Kier molecular flexibility index (Phi) is 4.70.